The first-order valence-electron chi connectivity index (χ1n) is 5.09. The third kappa shape index (κ3) is 3.08. The summed E-state index contributed by atoms with van der Waals surface area (Å²) in [6.45, 7) is 0.513. The van der Waals surface area contributed by atoms with Gasteiger partial charge in [0, 0.05) is 23.5 Å². The molecule has 0 N–H and O–H groups in total. The van der Waals surface area contributed by atoms with Gasteiger partial charge in [-0.3, -0.25) is 9.78 Å². The summed E-state index contributed by atoms with van der Waals surface area (Å²) in [5, 5.41) is 1.85. The van der Waals surface area contributed by atoms with E-state index >= 15 is 0 Å². The second-order valence-corrected chi connectivity index (χ2v) is 5.08. The minimum atomic E-state index is 0.000882. The average molecular weight is 264 g/mol. The number of carbonyl (C=O) groups excluding carboxylic acids is 1. The van der Waals surface area contributed by atoms with Gasteiger partial charge in [0.05, 0.1) is 17.1 Å². The van der Waals surface area contributed by atoms with Gasteiger partial charge in [-0.2, -0.15) is 0 Å². The summed E-state index contributed by atoms with van der Waals surface area (Å²) in [6.07, 6.45) is 1.73. The molecule has 0 aliphatic heterocycles. The third-order valence-corrected chi connectivity index (χ3v) is 3.62. The molecule has 1 amide bonds. The standard InChI is InChI=1S/C12H12N2OS2/c1-14(7-9-4-2-3-5-13-9)12(15)11-6-10(16)8-17-11/h2-6,8,16H,7H2,1H3. The van der Waals surface area contributed by atoms with Crippen molar-refractivity contribution in [2.24, 2.45) is 0 Å². The van der Waals surface area contributed by atoms with E-state index in [2.05, 4.69) is 17.6 Å². The predicted molar refractivity (Wildman–Crippen MR) is 71.6 cm³/mol. The Morgan fingerprint density at radius 3 is 2.94 bits per heavy atom. The molecule has 2 aromatic rings. The van der Waals surface area contributed by atoms with Crippen molar-refractivity contribution in [3.63, 3.8) is 0 Å². The van der Waals surface area contributed by atoms with Crippen LogP contribution in [0.25, 0.3) is 0 Å². The van der Waals surface area contributed by atoms with Crippen LogP contribution in [0.1, 0.15) is 15.4 Å². The quantitative estimate of drug-likeness (QED) is 0.865. The second kappa shape index (κ2) is 5.33. The Hall–Kier alpha value is -1.33. The Kier molecular flexibility index (Phi) is 3.81. The number of hydrogen-bond acceptors (Lipinski definition) is 4. The second-order valence-electron chi connectivity index (χ2n) is 3.65. The summed E-state index contributed by atoms with van der Waals surface area (Å²) in [4.78, 5) is 19.4. The van der Waals surface area contributed by atoms with Crippen LogP contribution in [0.3, 0.4) is 0 Å². The van der Waals surface area contributed by atoms with Gasteiger partial charge in [-0.15, -0.1) is 24.0 Å². The minimum absolute atomic E-state index is 0.000882. The van der Waals surface area contributed by atoms with Crippen LogP contribution in [-0.2, 0) is 6.54 Å². The minimum Gasteiger partial charge on any atom is -0.335 e. The molecule has 2 heterocycles. The Bertz CT molecular complexity index is 510. The molecule has 0 radical (unpaired) electrons. The van der Waals surface area contributed by atoms with Crippen molar-refractivity contribution < 1.29 is 4.79 Å². The van der Waals surface area contributed by atoms with Crippen LogP contribution in [0, 0.1) is 0 Å². The molecule has 0 unspecified atom stereocenters. The SMILES string of the molecule is CN(Cc1ccccn1)C(=O)c1cc(S)cs1. The molecule has 2 aromatic heterocycles. The number of thiophene rings is 1. The molecule has 0 aliphatic carbocycles. The lowest BCUT2D eigenvalue weighted by Crippen LogP contribution is -2.25. The van der Waals surface area contributed by atoms with E-state index in [0.29, 0.717) is 11.4 Å². The zero-order valence-corrected chi connectivity index (χ0v) is 11.0. The topological polar surface area (TPSA) is 33.2 Å². The number of pyridine rings is 1. The summed E-state index contributed by atoms with van der Waals surface area (Å²) < 4.78 is 0. The fourth-order valence-electron chi connectivity index (χ4n) is 1.43. The van der Waals surface area contributed by atoms with Crippen LogP contribution in [0.2, 0.25) is 0 Å². The number of amides is 1. The Morgan fingerprint density at radius 2 is 2.35 bits per heavy atom. The summed E-state index contributed by atoms with van der Waals surface area (Å²) in [6, 6.07) is 7.46. The van der Waals surface area contributed by atoms with Crippen molar-refractivity contribution in [2.75, 3.05) is 7.05 Å². The summed E-state index contributed by atoms with van der Waals surface area (Å²) >= 11 is 5.60. The van der Waals surface area contributed by atoms with Crippen molar-refractivity contribution in [1.29, 1.82) is 0 Å². The lowest BCUT2D eigenvalue weighted by atomic mass is 10.3. The van der Waals surface area contributed by atoms with Gasteiger partial charge in [0.25, 0.3) is 5.91 Å². The van der Waals surface area contributed by atoms with Gasteiger partial charge in [-0.05, 0) is 18.2 Å². The van der Waals surface area contributed by atoms with E-state index in [1.54, 1.807) is 24.2 Å². The average Bonchev–Trinajstić information content (AvgIpc) is 2.76. The zero-order valence-electron chi connectivity index (χ0n) is 9.33. The first-order chi connectivity index (χ1) is 8.16. The molecule has 0 bridgehead atoms. The van der Waals surface area contributed by atoms with Gasteiger partial charge in [0.15, 0.2) is 0 Å². The van der Waals surface area contributed by atoms with Crippen LogP contribution in [0.4, 0.5) is 0 Å². The van der Waals surface area contributed by atoms with Crippen molar-refractivity contribution in [1.82, 2.24) is 9.88 Å². The largest absolute Gasteiger partial charge is 0.335 e. The Morgan fingerprint density at radius 1 is 1.53 bits per heavy atom. The fourth-order valence-corrected chi connectivity index (χ4v) is 2.57. The molecule has 0 fully saturated rings. The number of hydrogen-bond donors (Lipinski definition) is 1. The predicted octanol–water partition coefficient (Wildman–Crippen LogP) is 2.70. The molecule has 0 saturated heterocycles. The van der Waals surface area contributed by atoms with Crippen LogP contribution in [0.5, 0.6) is 0 Å². The van der Waals surface area contributed by atoms with Gasteiger partial charge in [-0.25, -0.2) is 0 Å². The van der Waals surface area contributed by atoms with Crippen LogP contribution < -0.4 is 0 Å². The molecule has 2 rings (SSSR count). The highest BCUT2D eigenvalue weighted by Gasteiger charge is 2.14. The maximum Gasteiger partial charge on any atom is 0.264 e. The smallest absolute Gasteiger partial charge is 0.264 e. The third-order valence-electron chi connectivity index (χ3n) is 2.27. The first kappa shape index (κ1) is 12.1. The number of nitrogens with zero attached hydrogens (tertiary/aromatic N) is 2. The summed E-state index contributed by atoms with van der Waals surface area (Å²) in [5.74, 6) is 0.000882. The van der Waals surface area contributed by atoms with Gasteiger partial charge in [0.1, 0.15) is 0 Å². The van der Waals surface area contributed by atoms with E-state index in [-0.39, 0.29) is 5.91 Å². The number of rotatable bonds is 3. The molecular formula is C12H12N2OS2. The van der Waals surface area contributed by atoms with Gasteiger partial charge in [-0.1, -0.05) is 6.07 Å². The molecule has 0 saturated carbocycles. The maximum atomic E-state index is 12.0. The molecule has 0 atom stereocenters. The van der Waals surface area contributed by atoms with E-state index < -0.39 is 0 Å². The van der Waals surface area contributed by atoms with E-state index in [1.807, 2.05) is 23.6 Å². The van der Waals surface area contributed by atoms with Crippen molar-refractivity contribution in [3.8, 4) is 0 Å². The molecule has 0 aromatic carbocycles. The number of thiol groups is 1. The molecular weight excluding hydrogens is 252 g/mol. The van der Waals surface area contributed by atoms with Crippen molar-refractivity contribution in [3.05, 3.63) is 46.4 Å². The Balaban J connectivity index is 2.06. The molecule has 0 spiro atoms. The molecule has 5 heteroatoms. The van der Waals surface area contributed by atoms with E-state index in [1.165, 1.54) is 11.3 Å². The van der Waals surface area contributed by atoms with Gasteiger partial charge in [0.2, 0.25) is 0 Å². The summed E-state index contributed by atoms with van der Waals surface area (Å²) in [7, 11) is 1.77. The van der Waals surface area contributed by atoms with E-state index in [9.17, 15) is 4.79 Å². The van der Waals surface area contributed by atoms with Crippen LogP contribution >= 0.6 is 24.0 Å². The van der Waals surface area contributed by atoms with E-state index in [4.69, 9.17) is 0 Å². The van der Waals surface area contributed by atoms with E-state index in [0.717, 1.165) is 10.6 Å². The van der Waals surface area contributed by atoms with Crippen molar-refractivity contribution in [2.45, 2.75) is 11.4 Å². The van der Waals surface area contributed by atoms with Crippen LogP contribution in [-0.4, -0.2) is 22.8 Å². The molecule has 88 valence electrons. The zero-order chi connectivity index (χ0) is 12.3. The van der Waals surface area contributed by atoms with Gasteiger partial charge >= 0.3 is 0 Å². The summed E-state index contributed by atoms with van der Waals surface area (Å²) in [5.41, 5.74) is 0.881. The fraction of sp³-hybridized carbons (Fsp3) is 0.167. The highest BCUT2D eigenvalue weighted by Crippen LogP contribution is 2.19. The van der Waals surface area contributed by atoms with Crippen LogP contribution in [0.15, 0.2) is 40.7 Å². The van der Waals surface area contributed by atoms with Gasteiger partial charge < -0.3 is 4.90 Å². The lowest BCUT2D eigenvalue weighted by molar-refractivity contribution is 0.0788. The first-order valence-corrected chi connectivity index (χ1v) is 6.42. The normalized spacial score (nSPS) is 10.2. The lowest BCUT2D eigenvalue weighted by Gasteiger charge is -2.15. The highest BCUT2D eigenvalue weighted by molar-refractivity contribution is 7.80. The Labute approximate surface area is 110 Å². The number of aromatic nitrogens is 1. The molecule has 17 heavy (non-hydrogen) atoms. The monoisotopic (exact) mass is 264 g/mol. The number of carbonyl (C=O) groups is 1. The molecule has 0 aliphatic rings. The highest BCUT2D eigenvalue weighted by atomic mass is 32.1. The maximum absolute atomic E-state index is 12.0. The van der Waals surface area contributed by atoms with Crippen molar-refractivity contribution >= 4 is 29.9 Å². The molecule has 3 nitrogen and oxygen atoms in total.